The first-order valence-corrected chi connectivity index (χ1v) is 8.98. The summed E-state index contributed by atoms with van der Waals surface area (Å²) in [7, 11) is 0. The molecule has 4 rings (SSSR count). The molecule has 3 heterocycles. The fourth-order valence-electron chi connectivity index (χ4n) is 4.00. The number of benzene rings is 1. The Labute approximate surface area is 150 Å². The van der Waals surface area contributed by atoms with E-state index < -0.39 is 12.3 Å². The van der Waals surface area contributed by atoms with Crippen LogP contribution in [0.5, 0.6) is 0 Å². The lowest BCUT2D eigenvalue weighted by molar-refractivity contribution is -0.141. The van der Waals surface area contributed by atoms with Crippen molar-refractivity contribution in [1.82, 2.24) is 15.5 Å². The maximum absolute atomic E-state index is 12.4. The van der Waals surface area contributed by atoms with Crippen LogP contribution in [0.2, 0.25) is 0 Å². The number of nitrogens with one attached hydrogen (secondary N) is 3. The highest BCUT2D eigenvalue weighted by atomic mass is 16.3. The van der Waals surface area contributed by atoms with E-state index in [0.717, 1.165) is 24.9 Å². The van der Waals surface area contributed by atoms with Gasteiger partial charge in [0.2, 0.25) is 17.7 Å². The Kier molecular flexibility index (Phi) is 4.47. The van der Waals surface area contributed by atoms with E-state index in [9.17, 15) is 19.5 Å². The lowest BCUT2D eigenvalue weighted by Gasteiger charge is -2.31. The number of hydrogen-bond donors (Lipinski definition) is 4. The van der Waals surface area contributed by atoms with Gasteiger partial charge in [-0.2, -0.15) is 0 Å². The molecule has 8 heteroatoms. The number of nitrogens with zero attached hydrogens (tertiary/aromatic N) is 1. The van der Waals surface area contributed by atoms with Crippen molar-refractivity contribution < 1.29 is 19.5 Å². The summed E-state index contributed by atoms with van der Waals surface area (Å²) in [5.41, 5.74) is 2.16. The van der Waals surface area contributed by atoms with Crippen molar-refractivity contribution in [3.05, 3.63) is 29.3 Å². The van der Waals surface area contributed by atoms with Crippen molar-refractivity contribution in [1.29, 1.82) is 0 Å². The molecule has 0 saturated carbocycles. The average molecular weight is 358 g/mol. The van der Waals surface area contributed by atoms with Crippen LogP contribution in [0.1, 0.15) is 43.0 Å². The monoisotopic (exact) mass is 358 g/mol. The molecule has 0 spiro atoms. The van der Waals surface area contributed by atoms with Gasteiger partial charge in [-0.3, -0.25) is 24.6 Å². The maximum atomic E-state index is 12.4. The van der Waals surface area contributed by atoms with Gasteiger partial charge in [0.1, 0.15) is 6.23 Å². The van der Waals surface area contributed by atoms with E-state index in [2.05, 4.69) is 16.0 Å². The number of imide groups is 1. The predicted molar refractivity (Wildman–Crippen MR) is 92.8 cm³/mol. The molecule has 3 amide bonds. The molecule has 8 nitrogen and oxygen atoms in total. The van der Waals surface area contributed by atoms with Crippen LogP contribution in [0.3, 0.4) is 0 Å². The van der Waals surface area contributed by atoms with Gasteiger partial charge in [0.05, 0.1) is 12.1 Å². The second-order valence-corrected chi connectivity index (χ2v) is 7.02. The zero-order valence-corrected chi connectivity index (χ0v) is 14.3. The van der Waals surface area contributed by atoms with Gasteiger partial charge >= 0.3 is 0 Å². The summed E-state index contributed by atoms with van der Waals surface area (Å²) >= 11 is 0. The second-order valence-electron chi connectivity index (χ2n) is 7.02. The summed E-state index contributed by atoms with van der Waals surface area (Å²) in [6.45, 7) is 1.18. The van der Waals surface area contributed by atoms with E-state index >= 15 is 0 Å². The Bertz CT molecular complexity index is 760. The Hall–Kier alpha value is -2.29. The number of rotatable bonds is 3. The molecule has 3 aliphatic heterocycles. The maximum Gasteiger partial charge on any atom is 0.244 e. The Balaban J connectivity index is 1.54. The number of fused-ring (bicyclic) bond motifs is 1. The minimum atomic E-state index is -0.935. The van der Waals surface area contributed by atoms with Crippen LogP contribution in [0, 0.1) is 0 Å². The molecule has 4 N–H and O–H groups in total. The molecule has 0 aliphatic carbocycles. The fraction of sp³-hybridized carbons (Fsp3) is 0.500. The standard InChI is InChI=1S/C18H22N4O4/c23-15-7-6-14(17(25)21-15)22-9-11-10(18(22)26)3-1-4-12(11)20-16(24)13-5-2-8-19-13/h1,3-4,13-14,18-19,26H,2,5-9H2,(H,20,24)(H,21,23,25). The quantitative estimate of drug-likeness (QED) is 0.566. The van der Waals surface area contributed by atoms with Crippen molar-refractivity contribution >= 4 is 23.4 Å². The van der Waals surface area contributed by atoms with Crippen LogP contribution < -0.4 is 16.0 Å². The molecule has 138 valence electrons. The second kappa shape index (κ2) is 6.79. The van der Waals surface area contributed by atoms with Gasteiger partial charge in [-0.25, -0.2) is 0 Å². The van der Waals surface area contributed by atoms with E-state index in [0.29, 0.717) is 24.2 Å². The van der Waals surface area contributed by atoms with Gasteiger partial charge in [0, 0.05) is 24.2 Å². The minimum Gasteiger partial charge on any atom is -0.374 e. The number of aliphatic hydroxyl groups is 1. The first kappa shape index (κ1) is 17.1. The summed E-state index contributed by atoms with van der Waals surface area (Å²) in [5.74, 6) is -0.742. The number of hydrogen-bond acceptors (Lipinski definition) is 6. The van der Waals surface area contributed by atoms with E-state index in [-0.39, 0.29) is 30.2 Å². The zero-order valence-electron chi connectivity index (χ0n) is 14.3. The highest BCUT2D eigenvalue weighted by Gasteiger charge is 2.40. The first-order valence-electron chi connectivity index (χ1n) is 8.98. The molecule has 3 unspecified atom stereocenters. The van der Waals surface area contributed by atoms with E-state index in [1.165, 1.54) is 0 Å². The van der Waals surface area contributed by atoms with E-state index in [1.54, 1.807) is 17.0 Å². The highest BCUT2D eigenvalue weighted by molar-refractivity contribution is 6.00. The van der Waals surface area contributed by atoms with Crippen molar-refractivity contribution in [3.63, 3.8) is 0 Å². The third-order valence-electron chi connectivity index (χ3n) is 5.39. The number of carbonyl (C=O) groups is 3. The molecule has 0 bridgehead atoms. The van der Waals surface area contributed by atoms with Crippen LogP contribution in [-0.2, 0) is 20.9 Å². The predicted octanol–water partition coefficient (Wildman–Crippen LogP) is -0.0112. The van der Waals surface area contributed by atoms with Gasteiger partial charge < -0.3 is 15.7 Å². The summed E-state index contributed by atoms with van der Waals surface area (Å²) in [6, 6.07) is 4.65. The Morgan fingerprint density at radius 1 is 1.27 bits per heavy atom. The molecule has 26 heavy (non-hydrogen) atoms. The van der Waals surface area contributed by atoms with Crippen molar-refractivity contribution in [2.24, 2.45) is 0 Å². The Morgan fingerprint density at radius 3 is 2.85 bits per heavy atom. The van der Waals surface area contributed by atoms with Crippen molar-refractivity contribution in [2.75, 3.05) is 11.9 Å². The zero-order chi connectivity index (χ0) is 18.3. The molecule has 2 saturated heterocycles. The van der Waals surface area contributed by atoms with E-state index in [4.69, 9.17) is 0 Å². The third kappa shape index (κ3) is 3.00. The normalized spacial score (nSPS) is 28.7. The van der Waals surface area contributed by atoms with Crippen molar-refractivity contribution in [3.8, 4) is 0 Å². The number of piperidine rings is 1. The summed E-state index contributed by atoms with van der Waals surface area (Å²) in [5, 5.41) is 19.1. The molecule has 1 aromatic rings. The van der Waals surface area contributed by atoms with Gasteiger partial charge in [-0.15, -0.1) is 0 Å². The number of carbonyl (C=O) groups excluding carboxylic acids is 3. The summed E-state index contributed by atoms with van der Waals surface area (Å²) in [4.78, 5) is 37.6. The summed E-state index contributed by atoms with van der Waals surface area (Å²) in [6.07, 6.45) is 1.49. The lowest BCUT2D eigenvalue weighted by Crippen LogP contribution is -2.51. The topological polar surface area (TPSA) is 111 Å². The first-order chi connectivity index (χ1) is 12.5. The molecule has 1 aromatic carbocycles. The largest absolute Gasteiger partial charge is 0.374 e. The number of aliphatic hydroxyl groups excluding tert-OH is 1. The smallest absolute Gasteiger partial charge is 0.244 e. The van der Waals surface area contributed by atoms with Crippen molar-refractivity contribution in [2.45, 2.75) is 50.5 Å². The average Bonchev–Trinajstić information content (AvgIpc) is 3.25. The third-order valence-corrected chi connectivity index (χ3v) is 5.39. The van der Waals surface area contributed by atoms with Gasteiger partial charge in [0.25, 0.3) is 0 Å². The fourth-order valence-corrected chi connectivity index (χ4v) is 4.00. The Morgan fingerprint density at radius 2 is 2.12 bits per heavy atom. The number of anilines is 1. The lowest BCUT2D eigenvalue weighted by atomic mass is 10.0. The SMILES string of the molecule is O=C1CCC(N2Cc3c(NC(=O)C4CCCN4)cccc3C2O)C(=O)N1. The molecule has 0 aromatic heterocycles. The molecular weight excluding hydrogens is 336 g/mol. The highest BCUT2D eigenvalue weighted by Crippen LogP contribution is 2.38. The molecule has 3 atom stereocenters. The molecule has 0 radical (unpaired) electrons. The van der Waals surface area contributed by atoms with Crippen LogP contribution in [0.15, 0.2) is 18.2 Å². The van der Waals surface area contributed by atoms with Crippen LogP contribution >= 0.6 is 0 Å². The van der Waals surface area contributed by atoms with Crippen LogP contribution in [-0.4, -0.2) is 46.4 Å². The molecule has 2 fully saturated rings. The minimum absolute atomic E-state index is 0.0788. The summed E-state index contributed by atoms with van der Waals surface area (Å²) < 4.78 is 0. The van der Waals surface area contributed by atoms with Gasteiger partial charge in [0.15, 0.2) is 0 Å². The van der Waals surface area contributed by atoms with Gasteiger partial charge in [-0.1, -0.05) is 12.1 Å². The molecular formula is C18H22N4O4. The van der Waals surface area contributed by atoms with Gasteiger partial charge in [-0.05, 0) is 37.4 Å². The van der Waals surface area contributed by atoms with E-state index in [1.807, 2.05) is 6.07 Å². The van der Waals surface area contributed by atoms with Crippen LogP contribution in [0.4, 0.5) is 5.69 Å². The van der Waals surface area contributed by atoms with Crippen LogP contribution in [0.25, 0.3) is 0 Å². The number of amides is 3. The molecule has 3 aliphatic rings.